The first-order valence-electron chi connectivity index (χ1n) is 12.8. The molecule has 16 heteroatoms. The van der Waals surface area contributed by atoms with Crippen LogP contribution in [0.15, 0.2) is 47.8 Å². The van der Waals surface area contributed by atoms with Crippen LogP contribution in [0.4, 0.5) is 20.4 Å². The Morgan fingerprint density at radius 2 is 1.86 bits per heavy atom. The SMILES string of the molecule is CCN(C)S(=O)(=O)Nc1ccc(F)c(Oc2ccc3ncn(-c4cnc(N5CCNCC5)nc4)c(=O)c3c2F)c1C#N. The molecule has 4 aromatic rings. The van der Waals surface area contributed by atoms with Crippen molar-refractivity contribution < 1.29 is 21.9 Å². The van der Waals surface area contributed by atoms with Gasteiger partial charge in [-0.2, -0.15) is 18.0 Å². The Morgan fingerprint density at radius 1 is 1.14 bits per heavy atom. The zero-order valence-electron chi connectivity index (χ0n) is 22.5. The number of nitrogens with zero attached hydrogens (tertiary/aromatic N) is 7. The van der Waals surface area contributed by atoms with E-state index in [1.165, 1.54) is 31.8 Å². The van der Waals surface area contributed by atoms with Crippen LogP contribution in [0.3, 0.4) is 0 Å². The Bertz CT molecular complexity index is 1860. The van der Waals surface area contributed by atoms with Gasteiger partial charge in [-0.05, 0) is 24.3 Å². The van der Waals surface area contributed by atoms with Crippen molar-refractivity contribution in [3.05, 3.63) is 70.5 Å². The molecule has 0 unspecified atom stereocenters. The average Bonchev–Trinajstić information content (AvgIpc) is 3.00. The standard InChI is InChI=1S/C26H25F2N9O4S/c1-3-35(2)42(39,40)34-19-5-4-18(27)24(17(19)12-29)41-21-7-6-20-22(23(21)28)25(38)37(15-33-20)16-13-31-26(32-14-16)36-10-8-30-9-11-36/h4-7,13-15,30,34H,3,8-11H2,1-2H3. The number of hydrogen-bond donors (Lipinski definition) is 2. The maximum Gasteiger partial charge on any atom is 0.301 e. The van der Waals surface area contributed by atoms with E-state index in [-0.39, 0.29) is 23.4 Å². The molecule has 0 spiro atoms. The Hall–Kier alpha value is -4.72. The summed E-state index contributed by atoms with van der Waals surface area (Å²) in [5.41, 5.74) is -1.35. The summed E-state index contributed by atoms with van der Waals surface area (Å²) in [6, 6.07) is 6.05. The van der Waals surface area contributed by atoms with Gasteiger partial charge in [0.2, 0.25) is 5.95 Å². The first kappa shape index (κ1) is 28.8. The van der Waals surface area contributed by atoms with Crippen LogP contribution in [-0.2, 0) is 10.2 Å². The normalized spacial score (nSPS) is 13.8. The fraction of sp³-hybridized carbons (Fsp3) is 0.269. The van der Waals surface area contributed by atoms with Gasteiger partial charge in [0, 0.05) is 39.8 Å². The Balaban J connectivity index is 1.52. The van der Waals surface area contributed by atoms with E-state index in [9.17, 15) is 22.9 Å². The predicted octanol–water partition coefficient (Wildman–Crippen LogP) is 2.14. The van der Waals surface area contributed by atoms with Crippen molar-refractivity contribution in [2.75, 3.05) is 49.4 Å². The minimum atomic E-state index is -4.07. The molecule has 5 rings (SSSR count). The van der Waals surface area contributed by atoms with Crippen LogP contribution < -0.4 is 25.2 Å². The second-order valence-electron chi connectivity index (χ2n) is 9.20. The Morgan fingerprint density at radius 3 is 2.52 bits per heavy atom. The molecule has 2 aromatic heterocycles. The molecule has 0 amide bonds. The number of nitriles is 1. The van der Waals surface area contributed by atoms with E-state index >= 15 is 4.39 Å². The quantitative estimate of drug-likeness (QED) is 0.308. The van der Waals surface area contributed by atoms with Crippen LogP contribution >= 0.6 is 0 Å². The van der Waals surface area contributed by atoms with Crippen molar-refractivity contribution in [3.8, 4) is 23.3 Å². The van der Waals surface area contributed by atoms with Crippen LogP contribution in [0.25, 0.3) is 16.6 Å². The zero-order valence-corrected chi connectivity index (χ0v) is 23.3. The number of fused-ring (bicyclic) bond motifs is 1. The monoisotopic (exact) mass is 597 g/mol. The highest BCUT2D eigenvalue weighted by Crippen LogP contribution is 2.35. The molecule has 0 aliphatic carbocycles. The first-order chi connectivity index (χ1) is 20.1. The summed E-state index contributed by atoms with van der Waals surface area (Å²) in [7, 11) is -2.76. The van der Waals surface area contributed by atoms with E-state index in [0.29, 0.717) is 5.95 Å². The van der Waals surface area contributed by atoms with Crippen LogP contribution in [0.1, 0.15) is 12.5 Å². The molecular formula is C26H25F2N9O4S. The minimum Gasteiger partial charge on any atom is -0.450 e. The maximum absolute atomic E-state index is 15.8. The number of anilines is 2. The Kier molecular flexibility index (Phi) is 7.98. The second kappa shape index (κ2) is 11.6. The number of aromatic nitrogens is 4. The highest BCUT2D eigenvalue weighted by Gasteiger charge is 2.24. The summed E-state index contributed by atoms with van der Waals surface area (Å²) in [5, 5.41) is 12.5. The van der Waals surface area contributed by atoms with Crippen LogP contribution in [0.2, 0.25) is 0 Å². The third-order valence-corrected chi connectivity index (χ3v) is 8.22. The van der Waals surface area contributed by atoms with E-state index < -0.39 is 49.9 Å². The number of hydrogen-bond acceptors (Lipinski definition) is 10. The van der Waals surface area contributed by atoms with E-state index in [0.717, 1.165) is 53.3 Å². The summed E-state index contributed by atoms with van der Waals surface area (Å²) >= 11 is 0. The highest BCUT2D eigenvalue weighted by atomic mass is 32.2. The predicted molar refractivity (Wildman–Crippen MR) is 150 cm³/mol. The number of halogens is 2. The molecule has 0 radical (unpaired) electrons. The number of ether oxygens (including phenoxy) is 1. The topological polar surface area (TPSA) is 158 Å². The molecule has 1 saturated heterocycles. The smallest absolute Gasteiger partial charge is 0.301 e. The molecule has 218 valence electrons. The third kappa shape index (κ3) is 5.44. The molecule has 13 nitrogen and oxygen atoms in total. The van der Waals surface area contributed by atoms with E-state index in [1.54, 1.807) is 13.0 Å². The Labute approximate surface area is 239 Å². The largest absolute Gasteiger partial charge is 0.450 e. The number of rotatable bonds is 8. The van der Waals surface area contributed by atoms with Gasteiger partial charge in [-0.3, -0.25) is 14.1 Å². The lowest BCUT2D eigenvalue weighted by atomic mass is 10.1. The summed E-state index contributed by atoms with van der Waals surface area (Å²) in [5.74, 6) is -3.02. The van der Waals surface area contributed by atoms with Gasteiger partial charge >= 0.3 is 10.2 Å². The molecular weight excluding hydrogens is 572 g/mol. The molecule has 0 bridgehead atoms. The first-order valence-corrected chi connectivity index (χ1v) is 14.2. The van der Waals surface area contributed by atoms with Gasteiger partial charge in [-0.1, -0.05) is 6.92 Å². The van der Waals surface area contributed by atoms with Crippen molar-refractivity contribution in [1.29, 1.82) is 5.26 Å². The number of piperazine rings is 1. The molecule has 0 atom stereocenters. The average molecular weight is 598 g/mol. The molecule has 2 N–H and O–H groups in total. The molecule has 0 saturated carbocycles. The maximum atomic E-state index is 15.8. The van der Waals surface area contributed by atoms with Gasteiger partial charge in [0.1, 0.15) is 23.3 Å². The van der Waals surface area contributed by atoms with Crippen molar-refractivity contribution in [3.63, 3.8) is 0 Å². The summed E-state index contributed by atoms with van der Waals surface area (Å²) in [6.45, 7) is 4.76. The molecule has 3 heterocycles. The van der Waals surface area contributed by atoms with E-state index in [1.807, 2.05) is 4.90 Å². The van der Waals surface area contributed by atoms with Crippen LogP contribution in [0, 0.1) is 23.0 Å². The lowest BCUT2D eigenvalue weighted by Crippen LogP contribution is -2.44. The van der Waals surface area contributed by atoms with Gasteiger partial charge in [-0.15, -0.1) is 0 Å². The van der Waals surface area contributed by atoms with Crippen molar-refractivity contribution >= 4 is 32.7 Å². The highest BCUT2D eigenvalue weighted by molar-refractivity contribution is 7.90. The third-order valence-electron chi connectivity index (χ3n) is 6.66. The van der Waals surface area contributed by atoms with Crippen LogP contribution in [-0.4, -0.2) is 72.0 Å². The summed E-state index contributed by atoms with van der Waals surface area (Å²) in [4.78, 5) is 28.2. The van der Waals surface area contributed by atoms with Gasteiger partial charge in [0.25, 0.3) is 5.56 Å². The molecule has 2 aromatic carbocycles. The zero-order chi connectivity index (χ0) is 30.0. The van der Waals surface area contributed by atoms with Crippen molar-refractivity contribution in [2.24, 2.45) is 0 Å². The van der Waals surface area contributed by atoms with Gasteiger partial charge in [0.05, 0.1) is 29.3 Å². The molecule has 1 aliphatic rings. The molecule has 1 fully saturated rings. The van der Waals surface area contributed by atoms with Gasteiger partial charge in [0.15, 0.2) is 23.1 Å². The summed E-state index contributed by atoms with van der Waals surface area (Å²) in [6.07, 6.45) is 4.06. The number of benzene rings is 2. The second-order valence-corrected chi connectivity index (χ2v) is 11.0. The van der Waals surface area contributed by atoms with E-state index in [2.05, 4.69) is 25.0 Å². The van der Waals surface area contributed by atoms with Gasteiger partial charge < -0.3 is 15.0 Å². The lowest BCUT2D eigenvalue weighted by molar-refractivity contribution is 0.416. The van der Waals surface area contributed by atoms with Crippen molar-refractivity contribution in [2.45, 2.75) is 6.92 Å². The molecule has 42 heavy (non-hydrogen) atoms. The van der Waals surface area contributed by atoms with E-state index in [4.69, 9.17) is 4.74 Å². The lowest BCUT2D eigenvalue weighted by Gasteiger charge is -2.27. The minimum absolute atomic E-state index is 0.00421. The summed E-state index contributed by atoms with van der Waals surface area (Å²) < 4.78 is 65.3. The number of nitrogens with one attached hydrogen (secondary N) is 2. The van der Waals surface area contributed by atoms with Crippen molar-refractivity contribution in [1.82, 2.24) is 29.1 Å². The fourth-order valence-corrected chi connectivity index (χ4v) is 5.17. The van der Waals surface area contributed by atoms with Crippen LogP contribution in [0.5, 0.6) is 11.5 Å². The fourth-order valence-electron chi connectivity index (χ4n) is 4.23. The molecule has 1 aliphatic heterocycles. The van der Waals surface area contributed by atoms with Gasteiger partial charge in [-0.25, -0.2) is 23.7 Å².